The molecule has 2 atom stereocenters. The van der Waals surface area contributed by atoms with Gasteiger partial charge in [0.25, 0.3) is 0 Å². The number of aliphatic hydroxyl groups is 1. The van der Waals surface area contributed by atoms with Gasteiger partial charge in [-0.25, -0.2) is 0 Å². The maximum atomic E-state index is 9.65. The molecule has 0 aromatic heterocycles. The smallest absolute Gasteiger partial charge is 0.0705 e. The van der Waals surface area contributed by atoms with Gasteiger partial charge in [-0.05, 0) is 42.8 Å². The van der Waals surface area contributed by atoms with Crippen molar-refractivity contribution in [2.24, 2.45) is 5.73 Å². The van der Waals surface area contributed by atoms with Crippen molar-refractivity contribution in [3.63, 3.8) is 0 Å². The fourth-order valence-corrected chi connectivity index (χ4v) is 2.86. The van der Waals surface area contributed by atoms with E-state index in [1.807, 2.05) is 48.5 Å². The van der Waals surface area contributed by atoms with Crippen LogP contribution in [0.15, 0.2) is 58.3 Å². The largest absolute Gasteiger partial charge is 0.391 e. The Bertz CT molecular complexity index is 542. The van der Waals surface area contributed by atoms with E-state index in [1.54, 1.807) is 18.7 Å². The summed E-state index contributed by atoms with van der Waals surface area (Å²) >= 11 is 7.49. The summed E-state index contributed by atoms with van der Waals surface area (Å²) in [6, 6.07) is 15.2. The second-order valence-electron chi connectivity index (χ2n) is 4.36. The van der Waals surface area contributed by atoms with Gasteiger partial charge in [0.05, 0.1) is 12.1 Å². The molecular weight excluding hydrogens is 278 g/mol. The monoisotopic (exact) mass is 293 g/mol. The third-order valence-corrected chi connectivity index (χ3v) is 4.19. The first-order chi connectivity index (χ1) is 9.08. The average Bonchev–Trinajstić information content (AvgIpc) is 2.41. The molecule has 2 aromatic carbocycles. The number of hydrogen-bond acceptors (Lipinski definition) is 3. The average molecular weight is 294 g/mol. The van der Waals surface area contributed by atoms with Gasteiger partial charge < -0.3 is 10.8 Å². The van der Waals surface area contributed by atoms with E-state index in [0.717, 1.165) is 20.4 Å². The predicted octanol–water partition coefficient (Wildman–Crippen LogP) is 3.87. The predicted molar refractivity (Wildman–Crippen MR) is 80.6 cm³/mol. The van der Waals surface area contributed by atoms with E-state index in [1.165, 1.54) is 0 Å². The van der Waals surface area contributed by atoms with Crippen LogP contribution in [0.2, 0.25) is 5.02 Å². The molecule has 0 spiro atoms. The Kier molecular flexibility index (Phi) is 4.88. The van der Waals surface area contributed by atoms with Gasteiger partial charge in [0.1, 0.15) is 0 Å². The molecule has 3 N–H and O–H groups in total. The van der Waals surface area contributed by atoms with Crippen LogP contribution in [0.1, 0.15) is 18.5 Å². The fourth-order valence-electron chi connectivity index (χ4n) is 1.74. The van der Waals surface area contributed by atoms with Gasteiger partial charge in [-0.2, -0.15) is 0 Å². The molecule has 0 saturated heterocycles. The standard InChI is InChI=1S/C15H16ClNOS/c1-10(18)15(17)13-4-2-3-5-14(13)19-12-8-6-11(16)7-9-12/h2-10,15,18H,17H2,1H3/t10-,15-/m0/s1. The van der Waals surface area contributed by atoms with E-state index in [0.29, 0.717) is 0 Å². The highest BCUT2D eigenvalue weighted by Gasteiger charge is 2.16. The van der Waals surface area contributed by atoms with Crippen molar-refractivity contribution in [2.45, 2.75) is 28.9 Å². The highest BCUT2D eigenvalue weighted by Crippen LogP contribution is 2.33. The minimum Gasteiger partial charge on any atom is -0.391 e. The molecule has 0 heterocycles. The first-order valence-electron chi connectivity index (χ1n) is 6.04. The Morgan fingerprint density at radius 3 is 2.37 bits per heavy atom. The van der Waals surface area contributed by atoms with Crippen LogP contribution in [-0.2, 0) is 0 Å². The van der Waals surface area contributed by atoms with Crippen LogP contribution in [0, 0.1) is 0 Å². The summed E-state index contributed by atoms with van der Waals surface area (Å²) < 4.78 is 0. The molecule has 2 nitrogen and oxygen atoms in total. The van der Waals surface area contributed by atoms with Gasteiger partial charge in [0, 0.05) is 14.8 Å². The lowest BCUT2D eigenvalue weighted by molar-refractivity contribution is 0.163. The zero-order valence-electron chi connectivity index (χ0n) is 10.6. The zero-order valence-corrected chi connectivity index (χ0v) is 12.2. The quantitative estimate of drug-likeness (QED) is 0.899. The van der Waals surface area contributed by atoms with Crippen LogP contribution in [0.5, 0.6) is 0 Å². The van der Waals surface area contributed by atoms with Crippen LogP contribution in [0.25, 0.3) is 0 Å². The van der Waals surface area contributed by atoms with E-state index in [2.05, 4.69) is 0 Å². The van der Waals surface area contributed by atoms with Crippen LogP contribution < -0.4 is 5.73 Å². The van der Waals surface area contributed by atoms with Crippen LogP contribution >= 0.6 is 23.4 Å². The lowest BCUT2D eigenvalue weighted by Crippen LogP contribution is -2.23. The molecule has 0 aliphatic carbocycles. The summed E-state index contributed by atoms with van der Waals surface area (Å²) in [5.74, 6) is 0. The second-order valence-corrected chi connectivity index (χ2v) is 5.91. The van der Waals surface area contributed by atoms with Crippen LogP contribution in [-0.4, -0.2) is 11.2 Å². The molecule has 0 amide bonds. The van der Waals surface area contributed by atoms with E-state index in [9.17, 15) is 5.11 Å². The maximum Gasteiger partial charge on any atom is 0.0705 e. The highest BCUT2D eigenvalue weighted by molar-refractivity contribution is 7.99. The van der Waals surface area contributed by atoms with Crippen molar-refractivity contribution in [1.82, 2.24) is 0 Å². The van der Waals surface area contributed by atoms with Crippen molar-refractivity contribution >= 4 is 23.4 Å². The number of hydrogen-bond donors (Lipinski definition) is 2. The lowest BCUT2D eigenvalue weighted by atomic mass is 10.0. The van der Waals surface area contributed by atoms with E-state index >= 15 is 0 Å². The topological polar surface area (TPSA) is 46.2 Å². The van der Waals surface area contributed by atoms with Crippen molar-refractivity contribution in [3.8, 4) is 0 Å². The molecule has 0 radical (unpaired) electrons. The summed E-state index contributed by atoms with van der Waals surface area (Å²) in [7, 11) is 0. The third-order valence-electron chi connectivity index (χ3n) is 2.84. The molecular formula is C15H16ClNOS. The molecule has 0 saturated carbocycles. The molecule has 2 aromatic rings. The molecule has 0 fully saturated rings. The Hall–Kier alpha value is -1.00. The molecule has 2 rings (SSSR count). The number of halogens is 1. The number of benzene rings is 2. The number of nitrogens with two attached hydrogens (primary N) is 1. The first kappa shape index (κ1) is 14.4. The van der Waals surface area contributed by atoms with E-state index < -0.39 is 6.10 Å². The maximum absolute atomic E-state index is 9.65. The molecule has 0 bridgehead atoms. The molecule has 19 heavy (non-hydrogen) atoms. The molecule has 100 valence electrons. The fraction of sp³-hybridized carbons (Fsp3) is 0.200. The molecule has 4 heteroatoms. The summed E-state index contributed by atoms with van der Waals surface area (Å²) in [6.07, 6.45) is -0.577. The summed E-state index contributed by atoms with van der Waals surface area (Å²) in [6.45, 7) is 1.70. The first-order valence-corrected chi connectivity index (χ1v) is 7.23. The van der Waals surface area contributed by atoms with E-state index in [4.69, 9.17) is 17.3 Å². The molecule has 0 aliphatic heterocycles. The summed E-state index contributed by atoms with van der Waals surface area (Å²) in [5, 5.41) is 10.4. The van der Waals surface area contributed by atoms with Gasteiger partial charge in [-0.3, -0.25) is 0 Å². The van der Waals surface area contributed by atoms with Gasteiger partial charge in [0.2, 0.25) is 0 Å². The minimum atomic E-state index is -0.577. The van der Waals surface area contributed by atoms with Crippen molar-refractivity contribution < 1.29 is 5.11 Å². The third kappa shape index (κ3) is 3.74. The Morgan fingerprint density at radius 1 is 1.11 bits per heavy atom. The Morgan fingerprint density at radius 2 is 1.74 bits per heavy atom. The van der Waals surface area contributed by atoms with Crippen LogP contribution in [0.4, 0.5) is 0 Å². The molecule has 0 unspecified atom stereocenters. The summed E-state index contributed by atoms with van der Waals surface area (Å²) in [4.78, 5) is 2.15. The Labute approximate surface area is 122 Å². The Balaban J connectivity index is 2.27. The summed E-state index contributed by atoms with van der Waals surface area (Å²) in [5.41, 5.74) is 6.99. The van der Waals surface area contributed by atoms with Gasteiger partial charge in [-0.1, -0.05) is 41.6 Å². The van der Waals surface area contributed by atoms with Crippen molar-refractivity contribution in [3.05, 3.63) is 59.1 Å². The zero-order chi connectivity index (χ0) is 13.8. The molecule has 0 aliphatic rings. The van der Waals surface area contributed by atoms with Gasteiger partial charge >= 0.3 is 0 Å². The van der Waals surface area contributed by atoms with Crippen molar-refractivity contribution in [2.75, 3.05) is 0 Å². The number of rotatable bonds is 4. The number of aliphatic hydroxyl groups excluding tert-OH is 1. The lowest BCUT2D eigenvalue weighted by Gasteiger charge is -2.18. The SMILES string of the molecule is C[C@H](O)[C@H](N)c1ccccc1Sc1ccc(Cl)cc1. The van der Waals surface area contributed by atoms with Gasteiger partial charge in [-0.15, -0.1) is 0 Å². The highest BCUT2D eigenvalue weighted by atomic mass is 35.5. The van der Waals surface area contributed by atoms with Crippen LogP contribution in [0.3, 0.4) is 0 Å². The van der Waals surface area contributed by atoms with Crippen molar-refractivity contribution in [1.29, 1.82) is 0 Å². The minimum absolute atomic E-state index is 0.379. The second kappa shape index (κ2) is 6.44. The van der Waals surface area contributed by atoms with Gasteiger partial charge in [0.15, 0.2) is 0 Å². The van der Waals surface area contributed by atoms with E-state index in [-0.39, 0.29) is 6.04 Å². The normalized spacial score (nSPS) is 14.1.